The van der Waals surface area contributed by atoms with E-state index in [1.54, 1.807) is 7.11 Å². The van der Waals surface area contributed by atoms with Gasteiger partial charge >= 0.3 is 0 Å². The third kappa shape index (κ3) is 6.57. The van der Waals surface area contributed by atoms with Gasteiger partial charge in [-0.05, 0) is 43.2 Å². The van der Waals surface area contributed by atoms with Crippen LogP contribution in [0.25, 0.3) is 0 Å². The van der Waals surface area contributed by atoms with Crippen molar-refractivity contribution in [3.63, 3.8) is 0 Å². The fourth-order valence-electron chi connectivity index (χ4n) is 4.42. The van der Waals surface area contributed by atoms with Crippen LogP contribution in [0.5, 0.6) is 0 Å². The van der Waals surface area contributed by atoms with E-state index in [2.05, 4.69) is 28.9 Å². The van der Waals surface area contributed by atoms with Crippen molar-refractivity contribution in [1.29, 1.82) is 0 Å². The summed E-state index contributed by atoms with van der Waals surface area (Å²) in [5.74, 6) is 1.08. The van der Waals surface area contributed by atoms with Crippen LogP contribution < -0.4 is 16.0 Å². The molecule has 0 spiro atoms. The number of guanidine groups is 1. The van der Waals surface area contributed by atoms with Gasteiger partial charge in [0.05, 0.1) is 0 Å². The van der Waals surface area contributed by atoms with Gasteiger partial charge in [0, 0.05) is 51.4 Å². The number of nitrogens with zero attached hydrogens (tertiary/aromatic N) is 1. The number of aliphatic imine (C=N–C) groups is 1. The van der Waals surface area contributed by atoms with Crippen LogP contribution in [0.15, 0.2) is 29.3 Å². The maximum atomic E-state index is 12.1. The molecule has 0 aromatic heterocycles. The van der Waals surface area contributed by atoms with E-state index >= 15 is 0 Å². The molecule has 1 aromatic carbocycles. The van der Waals surface area contributed by atoms with Crippen molar-refractivity contribution in [2.75, 3.05) is 38.7 Å². The minimum absolute atomic E-state index is 0. The standard InChI is InChI=1S/C22H34N4O2.HI/c1-3-23-21(25-16-22(12-13-28-2)10-6-7-11-22)24-15-17-14-20(27)26-19-9-5-4-8-18(17)19;/h4-5,8-9,17H,3,6-7,10-16H2,1-2H3,(H,26,27)(H2,23,24,25);1H. The number of carbonyl (C=O) groups excluding carboxylic acids is 1. The molecule has 1 aliphatic carbocycles. The molecule has 6 nitrogen and oxygen atoms in total. The van der Waals surface area contributed by atoms with Crippen LogP contribution in [0.2, 0.25) is 0 Å². The Morgan fingerprint density at radius 2 is 2.03 bits per heavy atom. The first-order valence-electron chi connectivity index (χ1n) is 10.6. The Morgan fingerprint density at radius 1 is 1.28 bits per heavy atom. The Morgan fingerprint density at radius 3 is 2.76 bits per heavy atom. The van der Waals surface area contributed by atoms with Gasteiger partial charge in [-0.2, -0.15) is 0 Å². The first-order valence-corrected chi connectivity index (χ1v) is 10.6. The highest BCUT2D eigenvalue weighted by atomic mass is 127. The molecule has 1 atom stereocenters. The smallest absolute Gasteiger partial charge is 0.225 e. The monoisotopic (exact) mass is 514 g/mol. The number of halogens is 1. The van der Waals surface area contributed by atoms with Gasteiger partial charge in [-0.25, -0.2) is 0 Å². The number of methoxy groups -OCH3 is 1. The zero-order valence-electron chi connectivity index (χ0n) is 17.6. The molecule has 162 valence electrons. The lowest BCUT2D eigenvalue weighted by molar-refractivity contribution is -0.116. The molecule has 3 N–H and O–H groups in total. The third-order valence-corrected chi connectivity index (χ3v) is 6.04. The molecule has 1 unspecified atom stereocenters. The van der Waals surface area contributed by atoms with E-state index in [0.717, 1.165) is 37.8 Å². The first-order chi connectivity index (χ1) is 13.7. The number of fused-ring (bicyclic) bond motifs is 1. The number of hydrogen-bond acceptors (Lipinski definition) is 3. The molecule has 0 saturated heterocycles. The van der Waals surface area contributed by atoms with Crippen LogP contribution >= 0.6 is 24.0 Å². The lowest BCUT2D eigenvalue weighted by Gasteiger charge is -2.28. The largest absolute Gasteiger partial charge is 0.385 e. The molecular weight excluding hydrogens is 479 g/mol. The van der Waals surface area contributed by atoms with E-state index in [1.165, 1.54) is 31.2 Å². The van der Waals surface area contributed by atoms with Crippen molar-refractivity contribution in [2.45, 2.75) is 51.4 Å². The summed E-state index contributed by atoms with van der Waals surface area (Å²) < 4.78 is 5.34. The minimum Gasteiger partial charge on any atom is -0.385 e. The molecule has 7 heteroatoms. The third-order valence-electron chi connectivity index (χ3n) is 6.04. The second kappa shape index (κ2) is 11.7. The molecule has 1 aromatic rings. The summed E-state index contributed by atoms with van der Waals surface area (Å²) in [6.07, 6.45) is 6.61. The van der Waals surface area contributed by atoms with Gasteiger partial charge < -0.3 is 20.7 Å². The fourth-order valence-corrected chi connectivity index (χ4v) is 4.42. The van der Waals surface area contributed by atoms with E-state index in [0.29, 0.717) is 13.0 Å². The average Bonchev–Trinajstić information content (AvgIpc) is 3.17. The zero-order chi connectivity index (χ0) is 19.8. The fraction of sp³-hybridized carbons (Fsp3) is 0.636. The van der Waals surface area contributed by atoms with Crippen molar-refractivity contribution in [3.8, 4) is 0 Å². The first kappa shape index (κ1) is 23.9. The van der Waals surface area contributed by atoms with E-state index in [9.17, 15) is 4.79 Å². The van der Waals surface area contributed by atoms with E-state index < -0.39 is 0 Å². The quantitative estimate of drug-likeness (QED) is 0.280. The van der Waals surface area contributed by atoms with Gasteiger partial charge in [0.1, 0.15) is 0 Å². The summed E-state index contributed by atoms with van der Waals surface area (Å²) in [5, 5.41) is 9.80. The van der Waals surface area contributed by atoms with Crippen LogP contribution in [0.4, 0.5) is 5.69 Å². The zero-order valence-corrected chi connectivity index (χ0v) is 20.0. The number of hydrogen-bond donors (Lipinski definition) is 3. The molecule has 1 saturated carbocycles. The van der Waals surface area contributed by atoms with Crippen LogP contribution in [-0.2, 0) is 9.53 Å². The number of nitrogens with one attached hydrogen (secondary N) is 3. The Labute approximate surface area is 191 Å². The van der Waals surface area contributed by atoms with Crippen LogP contribution in [0.1, 0.15) is 56.9 Å². The molecular formula is C22H35IN4O2. The highest BCUT2D eigenvalue weighted by molar-refractivity contribution is 14.0. The maximum absolute atomic E-state index is 12.1. The number of rotatable bonds is 8. The number of ether oxygens (including phenoxy) is 1. The maximum Gasteiger partial charge on any atom is 0.225 e. The molecule has 2 aliphatic rings. The Balaban J connectivity index is 0.00000300. The minimum atomic E-state index is 0. The second-order valence-electron chi connectivity index (χ2n) is 8.06. The molecule has 3 rings (SSSR count). The van der Waals surface area contributed by atoms with E-state index in [1.807, 2.05) is 18.2 Å². The summed E-state index contributed by atoms with van der Waals surface area (Å²) in [6.45, 7) is 5.22. The summed E-state index contributed by atoms with van der Waals surface area (Å²) >= 11 is 0. The summed E-state index contributed by atoms with van der Waals surface area (Å²) in [4.78, 5) is 17.0. The Bertz CT molecular complexity index is 689. The van der Waals surface area contributed by atoms with Crippen LogP contribution in [0.3, 0.4) is 0 Å². The highest BCUT2D eigenvalue weighted by Crippen LogP contribution is 2.41. The van der Waals surface area contributed by atoms with Gasteiger partial charge in [0.2, 0.25) is 5.91 Å². The predicted octanol–water partition coefficient (Wildman–Crippen LogP) is 3.88. The van der Waals surface area contributed by atoms with Crippen molar-refractivity contribution in [3.05, 3.63) is 29.8 Å². The number of carbonyl (C=O) groups is 1. The normalized spacial score (nSPS) is 20.4. The topological polar surface area (TPSA) is 74.8 Å². The number of amides is 1. The van der Waals surface area contributed by atoms with Crippen molar-refractivity contribution in [1.82, 2.24) is 10.6 Å². The van der Waals surface area contributed by atoms with Crippen molar-refractivity contribution < 1.29 is 9.53 Å². The molecule has 1 amide bonds. The average molecular weight is 514 g/mol. The van der Waals surface area contributed by atoms with E-state index in [4.69, 9.17) is 9.73 Å². The summed E-state index contributed by atoms with van der Waals surface area (Å²) in [5.41, 5.74) is 2.39. The van der Waals surface area contributed by atoms with Crippen LogP contribution in [-0.4, -0.2) is 45.2 Å². The number of para-hydroxylation sites is 1. The molecule has 1 aliphatic heterocycles. The molecule has 0 radical (unpaired) electrons. The lowest BCUT2D eigenvalue weighted by atomic mass is 9.83. The number of anilines is 1. The van der Waals surface area contributed by atoms with Crippen molar-refractivity contribution >= 4 is 41.5 Å². The molecule has 0 bridgehead atoms. The summed E-state index contributed by atoms with van der Waals surface area (Å²) in [6, 6.07) is 8.06. The van der Waals surface area contributed by atoms with Crippen molar-refractivity contribution in [2.24, 2.45) is 10.4 Å². The van der Waals surface area contributed by atoms with Gasteiger partial charge in [0.15, 0.2) is 5.96 Å². The summed E-state index contributed by atoms with van der Waals surface area (Å²) in [7, 11) is 1.77. The Kier molecular flexibility index (Phi) is 9.68. The van der Waals surface area contributed by atoms with E-state index in [-0.39, 0.29) is 41.2 Å². The van der Waals surface area contributed by atoms with Crippen LogP contribution in [0, 0.1) is 5.41 Å². The van der Waals surface area contributed by atoms with Gasteiger partial charge in [-0.15, -0.1) is 24.0 Å². The molecule has 29 heavy (non-hydrogen) atoms. The highest BCUT2D eigenvalue weighted by Gasteiger charge is 2.33. The number of benzene rings is 1. The second-order valence-corrected chi connectivity index (χ2v) is 8.06. The van der Waals surface area contributed by atoms with Gasteiger partial charge in [-0.3, -0.25) is 9.79 Å². The van der Waals surface area contributed by atoms with Gasteiger partial charge in [-0.1, -0.05) is 31.0 Å². The van der Waals surface area contributed by atoms with Gasteiger partial charge in [0.25, 0.3) is 0 Å². The predicted molar refractivity (Wildman–Crippen MR) is 129 cm³/mol. The lowest BCUT2D eigenvalue weighted by Crippen LogP contribution is -2.41. The molecule has 1 heterocycles. The SMILES string of the molecule is CCNC(=NCC1(CCOC)CCCC1)NCC1CC(=O)Nc2ccccc21.I. The Hall–Kier alpha value is -1.35. The molecule has 1 fully saturated rings.